The first-order valence-electron chi connectivity index (χ1n) is 5.34. The van der Waals surface area contributed by atoms with Crippen molar-refractivity contribution in [3.8, 4) is 0 Å². The second kappa shape index (κ2) is 2.99. The lowest BCUT2D eigenvalue weighted by atomic mass is 9.86. The molecule has 0 atom stereocenters. The van der Waals surface area contributed by atoms with E-state index in [1.807, 2.05) is 12.1 Å². The van der Waals surface area contributed by atoms with E-state index in [0.717, 1.165) is 12.5 Å². The van der Waals surface area contributed by atoms with Crippen molar-refractivity contribution in [3.63, 3.8) is 0 Å². The highest BCUT2D eigenvalue weighted by molar-refractivity contribution is 5.88. The average Bonchev–Trinajstić information content (AvgIpc) is 2.75. The molecule has 3 nitrogen and oxygen atoms in total. The monoisotopic (exact) mass is 203 g/mol. The molecule has 4 rings (SSSR count). The summed E-state index contributed by atoms with van der Waals surface area (Å²) in [7, 11) is 0. The van der Waals surface area contributed by atoms with Gasteiger partial charge < -0.3 is 10.0 Å². The summed E-state index contributed by atoms with van der Waals surface area (Å²) in [6, 6.07) is 7.93. The Morgan fingerprint density at radius 3 is 2.40 bits per heavy atom. The molecule has 1 aliphatic carbocycles. The van der Waals surface area contributed by atoms with Gasteiger partial charge in [0.2, 0.25) is 0 Å². The Morgan fingerprint density at radius 1 is 1.27 bits per heavy atom. The first kappa shape index (κ1) is 8.77. The summed E-state index contributed by atoms with van der Waals surface area (Å²) in [4.78, 5) is 13.1. The molecule has 0 aromatic heterocycles. The van der Waals surface area contributed by atoms with Crippen LogP contribution in [-0.4, -0.2) is 23.7 Å². The van der Waals surface area contributed by atoms with Gasteiger partial charge in [0.05, 0.1) is 5.56 Å². The quantitative estimate of drug-likeness (QED) is 0.799. The number of aromatic carboxylic acids is 1. The van der Waals surface area contributed by atoms with E-state index in [2.05, 4.69) is 4.90 Å². The Hall–Kier alpha value is -1.51. The highest BCUT2D eigenvalue weighted by Crippen LogP contribution is 2.43. The van der Waals surface area contributed by atoms with Crippen LogP contribution >= 0.6 is 0 Å². The minimum Gasteiger partial charge on any atom is -0.478 e. The van der Waals surface area contributed by atoms with E-state index in [0.29, 0.717) is 11.6 Å². The van der Waals surface area contributed by atoms with Crippen molar-refractivity contribution in [2.75, 3.05) is 11.4 Å². The Balaban J connectivity index is 1.84. The third kappa shape index (κ3) is 1.30. The number of fused-ring (bicyclic) bond motifs is 1. The first-order valence-corrected chi connectivity index (χ1v) is 5.34. The molecule has 2 heterocycles. The predicted molar refractivity (Wildman–Crippen MR) is 57.3 cm³/mol. The van der Waals surface area contributed by atoms with E-state index in [1.165, 1.54) is 18.5 Å². The maximum Gasteiger partial charge on any atom is 0.335 e. The van der Waals surface area contributed by atoms with Gasteiger partial charge in [-0.15, -0.1) is 0 Å². The highest BCUT2D eigenvalue weighted by atomic mass is 16.4. The third-order valence-electron chi connectivity index (χ3n) is 3.55. The zero-order valence-corrected chi connectivity index (χ0v) is 8.39. The number of anilines is 1. The molecule has 2 bridgehead atoms. The van der Waals surface area contributed by atoms with Crippen molar-refractivity contribution >= 4 is 11.7 Å². The maximum absolute atomic E-state index is 10.7. The molecule has 1 saturated carbocycles. The summed E-state index contributed by atoms with van der Waals surface area (Å²) in [5.41, 5.74) is 1.54. The molecular formula is C12H13NO2. The van der Waals surface area contributed by atoms with Gasteiger partial charge in [0.15, 0.2) is 0 Å². The van der Waals surface area contributed by atoms with Gasteiger partial charge in [-0.3, -0.25) is 0 Å². The van der Waals surface area contributed by atoms with Crippen molar-refractivity contribution in [3.05, 3.63) is 29.8 Å². The molecule has 1 aromatic rings. The lowest BCUT2D eigenvalue weighted by Gasteiger charge is -2.27. The van der Waals surface area contributed by atoms with Crippen LogP contribution in [0.2, 0.25) is 0 Å². The fourth-order valence-electron chi connectivity index (χ4n) is 2.64. The number of carbonyl (C=O) groups is 1. The standard InChI is InChI=1S/C12H13NO2/c14-12(15)9-1-3-10(4-2-9)13-7-8-5-11(13)6-8/h1-4,8,11H,5-7H2,(H,14,15). The largest absolute Gasteiger partial charge is 0.478 e. The zero-order chi connectivity index (χ0) is 10.4. The minimum atomic E-state index is -0.854. The number of carboxylic acids is 1. The van der Waals surface area contributed by atoms with Crippen LogP contribution < -0.4 is 4.90 Å². The molecule has 3 fully saturated rings. The summed E-state index contributed by atoms with van der Waals surface area (Å²) in [5, 5.41) is 8.79. The van der Waals surface area contributed by atoms with Crippen LogP contribution in [0, 0.1) is 5.92 Å². The van der Waals surface area contributed by atoms with Crippen LogP contribution in [0.4, 0.5) is 5.69 Å². The molecule has 0 spiro atoms. The second-order valence-electron chi connectivity index (χ2n) is 4.50. The first-order chi connectivity index (χ1) is 7.24. The highest BCUT2D eigenvalue weighted by Gasteiger charge is 2.42. The third-order valence-corrected chi connectivity index (χ3v) is 3.55. The normalized spacial score (nSPS) is 27.6. The predicted octanol–water partition coefficient (Wildman–Crippen LogP) is 1.98. The van der Waals surface area contributed by atoms with Crippen molar-refractivity contribution in [1.82, 2.24) is 0 Å². The Kier molecular flexibility index (Phi) is 1.75. The van der Waals surface area contributed by atoms with Gasteiger partial charge in [-0.1, -0.05) is 0 Å². The Bertz CT molecular complexity index is 393. The van der Waals surface area contributed by atoms with Crippen LogP contribution in [0.25, 0.3) is 0 Å². The molecule has 0 unspecified atom stereocenters. The number of rotatable bonds is 2. The summed E-state index contributed by atoms with van der Waals surface area (Å²) in [5.74, 6) is 0.0291. The number of carboxylic acid groups (broad SMARTS) is 1. The molecule has 0 radical (unpaired) electrons. The van der Waals surface area contributed by atoms with Gasteiger partial charge in [-0.25, -0.2) is 4.79 Å². The van der Waals surface area contributed by atoms with E-state index in [-0.39, 0.29) is 0 Å². The number of hydrogen-bond acceptors (Lipinski definition) is 2. The Morgan fingerprint density at radius 2 is 1.93 bits per heavy atom. The van der Waals surface area contributed by atoms with E-state index < -0.39 is 5.97 Å². The number of hydrogen-bond donors (Lipinski definition) is 1. The van der Waals surface area contributed by atoms with Crippen LogP contribution in [-0.2, 0) is 0 Å². The molecule has 1 N–H and O–H groups in total. The van der Waals surface area contributed by atoms with Gasteiger partial charge >= 0.3 is 5.97 Å². The molecule has 2 saturated heterocycles. The fraction of sp³-hybridized carbons (Fsp3) is 0.417. The van der Waals surface area contributed by atoms with Gasteiger partial charge in [-0.2, -0.15) is 0 Å². The number of nitrogens with zero attached hydrogens (tertiary/aromatic N) is 1. The molecular weight excluding hydrogens is 190 g/mol. The van der Waals surface area contributed by atoms with Crippen molar-refractivity contribution < 1.29 is 9.90 Å². The minimum absolute atomic E-state index is 0.366. The van der Waals surface area contributed by atoms with E-state index in [4.69, 9.17) is 5.11 Å². The van der Waals surface area contributed by atoms with Gasteiger partial charge in [0, 0.05) is 18.3 Å². The van der Waals surface area contributed by atoms with Crippen molar-refractivity contribution in [2.45, 2.75) is 18.9 Å². The summed E-state index contributed by atoms with van der Waals surface area (Å²) >= 11 is 0. The summed E-state index contributed by atoms with van der Waals surface area (Å²) in [6.07, 6.45) is 2.64. The lowest BCUT2D eigenvalue weighted by Crippen LogP contribution is -2.28. The van der Waals surface area contributed by atoms with E-state index in [1.54, 1.807) is 12.1 Å². The Labute approximate surface area is 88.3 Å². The second-order valence-corrected chi connectivity index (χ2v) is 4.50. The molecule has 0 amide bonds. The van der Waals surface area contributed by atoms with E-state index >= 15 is 0 Å². The van der Waals surface area contributed by atoms with Gasteiger partial charge in [-0.05, 0) is 43.0 Å². The molecule has 15 heavy (non-hydrogen) atoms. The molecule has 78 valence electrons. The SMILES string of the molecule is O=C(O)c1ccc(N2CC3CC2C3)cc1. The average molecular weight is 203 g/mol. The van der Waals surface area contributed by atoms with Crippen LogP contribution in [0.3, 0.4) is 0 Å². The molecule has 3 heteroatoms. The van der Waals surface area contributed by atoms with Crippen LogP contribution in [0.5, 0.6) is 0 Å². The molecule has 1 aromatic carbocycles. The lowest BCUT2D eigenvalue weighted by molar-refractivity contribution is 0.0697. The summed E-state index contributed by atoms with van der Waals surface area (Å²) < 4.78 is 0. The molecule has 2 aliphatic heterocycles. The summed E-state index contributed by atoms with van der Waals surface area (Å²) in [6.45, 7) is 1.15. The van der Waals surface area contributed by atoms with Crippen LogP contribution in [0.15, 0.2) is 24.3 Å². The van der Waals surface area contributed by atoms with Crippen molar-refractivity contribution in [1.29, 1.82) is 0 Å². The van der Waals surface area contributed by atoms with Gasteiger partial charge in [0.25, 0.3) is 0 Å². The topological polar surface area (TPSA) is 40.5 Å². The zero-order valence-electron chi connectivity index (χ0n) is 8.39. The fourth-order valence-corrected chi connectivity index (χ4v) is 2.64. The van der Waals surface area contributed by atoms with Crippen molar-refractivity contribution in [2.24, 2.45) is 5.92 Å². The smallest absolute Gasteiger partial charge is 0.335 e. The number of benzene rings is 1. The van der Waals surface area contributed by atoms with Gasteiger partial charge in [0.1, 0.15) is 0 Å². The van der Waals surface area contributed by atoms with E-state index in [9.17, 15) is 4.79 Å². The molecule has 3 aliphatic rings. The van der Waals surface area contributed by atoms with Crippen LogP contribution in [0.1, 0.15) is 23.2 Å². The maximum atomic E-state index is 10.7.